The average molecular weight is 416 g/mol. The van der Waals surface area contributed by atoms with Crippen molar-refractivity contribution in [2.75, 3.05) is 26.2 Å². The maximum atomic E-state index is 13.2. The largest absolute Gasteiger partial charge is 0.491 e. The first kappa shape index (κ1) is 21.2. The second-order valence-electron chi connectivity index (χ2n) is 7.33. The number of carbonyl (C=O) groups is 2. The summed E-state index contributed by atoms with van der Waals surface area (Å²) in [5.74, 6) is 0.733. The lowest BCUT2D eigenvalue weighted by Crippen LogP contribution is -2.51. The first-order valence-electron chi connectivity index (χ1n) is 10.1. The van der Waals surface area contributed by atoms with Gasteiger partial charge in [0, 0.05) is 24.0 Å². The van der Waals surface area contributed by atoms with Gasteiger partial charge >= 0.3 is 6.03 Å². The summed E-state index contributed by atoms with van der Waals surface area (Å²) in [5.41, 5.74) is 1.15. The van der Waals surface area contributed by atoms with Gasteiger partial charge in [0.15, 0.2) is 0 Å². The van der Waals surface area contributed by atoms with Gasteiger partial charge in [-0.2, -0.15) is 0 Å². The van der Waals surface area contributed by atoms with Crippen LogP contribution >= 0.6 is 11.3 Å². The van der Waals surface area contributed by atoms with E-state index in [2.05, 4.69) is 16.8 Å². The Bertz CT molecular complexity index is 822. The second-order valence-corrected chi connectivity index (χ2v) is 8.33. The zero-order valence-corrected chi connectivity index (χ0v) is 18.1. The highest BCUT2D eigenvalue weighted by atomic mass is 32.1. The SMILES string of the molecule is CCNC(=O)N(CC(=O)N1CCc2sccc2[C@@H]1COc1ccccc1)C(C)C. The van der Waals surface area contributed by atoms with Crippen molar-refractivity contribution in [2.24, 2.45) is 0 Å². The van der Waals surface area contributed by atoms with Crippen molar-refractivity contribution in [1.29, 1.82) is 0 Å². The fraction of sp³-hybridized carbons (Fsp3) is 0.455. The second kappa shape index (κ2) is 9.78. The van der Waals surface area contributed by atoms with Crippen molar-refractivity contribution < 1.29 is 14.3 Å². The van der Waals surface area contributed by atoms with Crippen LogP contribution in [0, 0.1) is 0 Å². The topological polar surface area (TPSA) is 61.9 Å². The molecule has 1 atom stereocenters. The standard InChI is InChI=1S/C22H29N3O3S/c1-4-23-22(27)25(16(2)3)14-21(26)24-12-10-20-18(11-13-29-20)19(24)15-28-17-8-6-5-7-9-17/h5-9,11,13,16,19H,4,10,12,14-15H2,1-3H3,(H,23,27)/t19-/m0/s1. The van der Waals surface area contributed by atoms with Gasteiger partial charge in [0.2, 0.25) is 5.91 Å². The van der Waals surface area contributed by atoms with E-state index in [4.69, 9.17) is 4.74 Å². The minimum atomic E-state index is -0.207. The molecule has 0 saturated heterocycles. The molecule has 7 heteroatoms. The third kappa shape index (κ3) is 5.09. The highest BCUT2D eigenvalue weighted by molar-refractivity contribution is 7.10. The summed E-state index contributed by atoms with van der Waals surface area (Å²) in [4.78, 5) is 30.4. The maximum absolute atomic E-state index is 13.2. The lowest BCUT2D eigenvalue weighted by Gasteiger charge is -2.37. The number of amides is 3. The van der Waals surface area contributed by atoms with Crippen molar-refractivity contribution in [3.05, 3.63) is 52.2 Å². The molecule has 0 fully saturated rings. The van der Waals surface area contributed by atoms with Crippen LogP contribution in [0.25, 0.3) is 0 Å². The maximum Gasteiger partial charge on any atom is 0.318 e. The fourth-order valence-electron chi connectivity index (χ4n) is 3.54. The Morgan fingerprint density at radius 3 is 2.72 bits per heavy atom. The van der Waals surface area contributed by atoms with E-state index < -0.39 is 0 Å². The number of rotatable bonds is 7. The molecule has 1 aromatic heterocycles. The number of nitrogens with zero attached hydrogens (tertiary/aromatic N) is 2. The molecule has 3 rings (SSSR count). The van der Waals surface area contributed by atoms with E-state index in [0.29, 0.717) is 19.7 Å². The Balaban J connectivity index is 1.76. The third-order valence-electron chi connectivity index (χ3n) is 5.08. The number of nitrogens with one attached hydrogen (secondary N) is 1. The first-order chi connectivity index (χ1) is 14.0. The Morgan fingerprint density at radius 2 is 2.03 bits per heavy atom. The Hall–Kier alpha value is -2.54. The quantitative estimate of drug-likeness (QED) is 0.750. The van der Waals surface area contributed by atoms with Crippen LogP contribution in [0.5, 0.6) is 5.75 Å². The number of carbonyl (C=O) groups excluding carboxylic acids is 2. The molecule has 0 saturated carbocycles. The van der Waals surface area contributed by atoms with E-state index in [0.717, 1.165) is 17.7 Å². The zero-order valence-electron chi connectivity index (χ0n) is 17.3. The summed E-state index contributed by atoms with van der Waals surface area (Å²) in [6.45, 7) is 7.34. The summed E-state index contributed by atoms with van der Waals surface area (Å²) < 4.78 is 6.01. The zero-order chi connectivity index (χ0) is 20.8. The van der Waals surface area contributed by atoms with Crippen LogP contribution < -0.4 is 10.1 Å². The van der Waals surface area contributed by atoms with Gasteiger partial charge in [-0.3, -0.25) is 4.79 Å². The highest BCUT2D eigenvalue weighted by Crippen LogP contribution is 2.34. The van der Waals surface area contributed by atoms with Gasteiger partial charge in [-0.15, -0.1) is 11.3 Å². The van der Waals surface area contributed by atoms with Crippen molar-refractivity contribution in [3.8, 4) is 5.75 Å². The van der Waals surface area contributed by atoms with Crippen LogP contribution in [0.15, 0.2) is 41.8 Å². The molecule has 0 unspecified atom stereocenters. The summed E-state index contributed by atoms with van der Waals surface area (Å²) in [5, 5.41) is 4.87. The molecular formula is C22H29N3O3S. The number of ether oxygens (including phenoxy) is 1. The van der Waals surface area contributed by atoms with Gasteiger partial charge < -0.3 is 19.9 Å². The number of para-hydroxylation sites is 1. The van der Waals surface area contributed by atoms with E-state index in [1.165, 1.54) is 4.88 Å². The third-order valence-corrected chi connectivity index (χ3v) is 6.08. The smallest absolute Gasteiger partial charge is 0.318 e. The number of benzene rings is 1. The number of urea groups is 1. The molecule has 1 aliphatic heterocycles. The molecule has 0 spiro atoms. The summed E-state index contributed by atoms with van der Waals surface area (Å²) in [6.07, 6.45) is 0.837. The van der Waals surface area contributed by atoms with Gasteiger partial charge in [0.05, 0.1) is 6.04 Å². The van der Waals surface area contributed by atoms with E-state index in [9.17, 15) is 9.59 Å². The van der Waals surface area contributed by atoms with Crippen LogP contribution in [0.2, 0.25) is 0 Å². The van der Waals surface area contributed by atoms with Crippen LogP contribution in [0.3, 0.4) is 0 Å². The Morgan fingerprint density at radius 1 is 1.28 bits per heavy atom. The predicted octanol–water partition coefficient (Wildman–Crippen LogP) is 3.69. The average Bonchev–Trinajstić information content (AvgIpc) is 3.19. The van der Waals surface area contributed by atoms with Gasteiger partial charge in [-0.1, -0.05) is 18.2 Å². The predicted molar refractivity (Wildman–Crippen MR) is 115 cm³/mol. The molecule has 2 aromatic rings. The highest BCUT2D eigenvalue weighted by Gasteiger charge is 2.33. The van der Waals surface area contributed by atoms with Crippen molar-refractivity contribution in [3.63, 3.8) is 0 Å². The van der Waals surface area contributed by atoms with Crippen LogP contribution in [0.4, 0.5) is 4.79 Å². The molecule has 29 heavy (non-hydrogen) atoms. The van der Waals surface area contributed by atoms with Crippen molar-refractivity contribution in [2.45, 2.75) is 39.3 Å². The number of hydrogen-bond donors (Lipinski definition) is 1. The van der Waals surface area contributed by atoms with E-state index in [1.807, 2.05) is 56.0 Å². The summed E-state index contributed by atoms with van der Waals surface area (Å²) in [7, 11) is 0. The molecule has 0 bridgehead atoms. The lowest BCUT2D eigenvalue weighted by molar-refractivity contribution is -0.135. The van der Waals surface area contributed by atoms with E-state index in [-0.39, 0.29) is 30.6 Å². The van der Waals surface area contributed by atoms with Crippen molar-refractivity contribution in [1.82, 2.24) is 15.1 Å². The molecule has 1 N–H and O–H groups in total. The van der Waals surface area contributed by atoms with E-state index >= 15 is 0 Å². The molecule has 156 valence electrons. The number of fused-ring (bicyclic) bond motifs is 1. The lowest BCUT2D eigenvalue weighted by atomic mass is 10.0. The van der Waals surface area contributed by atoms with Gasteiger partial charge in [0.1, 0.15) is 18.9 Å². The molecule has 1 aliphatic rings. The molecule has 0 aliphatic carbocycles. The minimum absolute atomic E-state index is 0.0523. The molecule has 3 amide bonds. The van der Waals surface area contributed by atoms with Crippen LogP contribution in [0.1, 0.15) is 37.3 Å². The molecular weight excluding hydrogens is 386 g/mol. The van der Waals surface area contributed by atoms with Crippen LogP contribution in [-0.4, -0.2) is 54.0 Å². The summed E-state index contributed by atoms with van der Waals surface area (Å²) >= 11 is 1.73. The normalized spacial score (nSPS) is 15.7. The van der Waals surface area contributed by atoms with E-state index in [1.54, 1.807) is 16.2 Å². The van der Waals surface area contributed by atoms with Gasteiger partial charge in [-0.05, 0) is 56.3 Å². The van der Waals surface area contributed by atoms with Gasteiger partial charge in [-0.25, -0.2) is 4.79 Å². The molecule has 1 aromatic carbocycles. The van der Waals surface area contributed by atoms with Crippen LogP contribution in [-0.2, 0) is 11.2 Å². The summed E-state index contributed by atoms with van der Waals surface area (Å²) in [6, 6.07) is 11.3. The molecule has 6 nitrogen and oxygen atoms in total. The number of hydrogen-bond acceptors (Lipinski definition) is 4. The van der Waals surface area contributed by atoms with Crippen molar-refractivity contribution >= 4 is 23.3 Å². The molecule has 0 radical (unpaired) electrons. The minimum Gasteiger partial charge on any atom is -0.491 e. The Kier molecular flexibility index (Phi) is 7.14. The Labute approximate surface area is 176 Å². The first-order valence-corrected chi connectivity index (χ1v) is 11.0. The number of thiophene rings is 1. The van der Waals surface area contributed by atoms with Gasteiger partial charge in [0.25, 0.3) is 0 Å². The fourth-order valence-corrected chi connectivity index (χ4v) is 4.47. The molecule has 2 heterocycles. The monoisotopic (exact) mass is 415 g/mol.